The Morgan fingerprint density at radius 1 is 0.923 bits per heavy atom. The molecule has 2 aliphatic rings. The Kier molecular flexibility index (Phi) is 7.27. The molecule has 2 rings (SSSR count). The Morgan fingerprint density at radius 2 is 1.54 bits per heavy atom. The normalized spacial score (nSPS) is 46.8. The summed E-state index contributed by atoms with van der Waals surface area (Å²) in [6.45, 7) is -0.195. The number of rotatable bonds is 5. The van der Waals surface area contributed by atoms with Crippen LogP contribution < -0.4 is 5.32 Å². The summed E-state index contributed by atoms with van der Waals surface area (Å²) in [5.74, 6) is -0.564. The van der Waals surface area contributed by atoms with E-state index in [4.69, 9.17) is 14.2 Å². The van der Waals surface area contributed by atoms with E-state index in [1.54, 1.807) is 0 Å². The third-order valence-corrected chi connectivity index (χ3v) is 4.38. The van der Waals surface area contributed by atoms with E-state index in [2.05, 4.69) is 5.32 Å². The molecule has 1 unspecified atom stereocenters. The van der Waals surface area contributed by atoms with Gasteiger partial charge in [-0.25, -0.2) is 0 Å². The van der Waals surface area contributed by atoms with Gasteiger partial charge in [0, 0.05) is 6.92 Å². The molecule has 8 N–H and O–H groups in total. The molecule has 0 aliphatic carbocycles. The molecule has 0 radical (unpaired) electrons. The third-order valence-electron chi connectivity index (χ3n) is 4.38. The van der Waals surface area contributed by atoms with Crippen LogP contribution in [0.1, 0.15) is 6.92 Å². The lowest BCUT2D eigenvalue weighted by atomic mass is 9.95. The summed E-state index contributed by atoms with van der Waals surface area (Å²) >= 11 is 0. The molecule has 1 amide bonds. The fraction of sp³-hybridized carbons (Fsp3) is 0.929. The van der Waals surface area contributed by atoms with Crippen molar-refractivity contribution in [3.63, 3.8) is 0 Å². The Hall–Kier alpha value is -0.930. The molecule has 2 aliphatic heterocycles. The molecule has 12 heteroatoms. The lowest BCUT2D eigenvalue weighted by molar-refractivity contribution is -0.345. The summed E-state index contributed by atoms with van der Waals surface area (Å²) in [5.41, 5.74) is 0. The van der Waals surface area contributed by atoms with E-state index < -0.39 is 80.5 Å². The minimum Gasteiger partial charge on any atom is -0.394 e. The minimum absolute atomic E-state index is 0.564. The van der Waals surface area contributed by atoms with Gasteiger partial charge in [-0.1, -0.05) is 0 Å². The summed E-state index contributed by atoms with van der Waals surface area (Å²) in [6, 6.07) is -1.29. The lowest BCUT2D eigenvalue weighted by Crippen LogP contribution is -2.67. The fourth-order valence-electron chi connectivity index (χ4n) is 2.98. The van der Waals surface area contributed by atoms with E-state index >= 15 is 0 Å². The van der Waals surface area contributed by atoms with Crippen molar-refractivity contribution in [1.82, 2.24) is 5.32 Å². The zero-order valence-corrected chi connectivity index (χ0v) is 14.0. The van der Waals surface area contributed by atoms with Gasteiger partial charge < -0.3 is 55.3 Å². The van der Waals surface area contributed by atoms with E-state index in [0.717, 1.165) is 6.92 Å². The second kappa shape index (κ2) is 8.84. The highest BCUT2D eigenvalue weighted by atomic mass is 16.7. The van der Waals surface area contributed by atoms with Crippen LogP contribution in [0.4, 0.5) is 0 Å². The molecule has 0 saturated carbocycles. The highest BCUT2D eigenvalue weighted by molar-refractivity contribution is 5.73. The molecule has 0 aromatic carbocycles. The van der Waals surface area contributed by atoms with Gasteiger partial charge in [0.25, 0.3) is 0 Å². The van der Waals surface area contributed by atoms with Crippen molar-refractivity contribution in [3.05, 3.63) is 0 Å². The second-order valence-corrected chi connectivity index (χ2v) is 6.26. The van der Waals surface area contributed by atoms with Crippen LogP contribution in [-0.2, 0) is 19.0 Å². The molecule has 0 aromatic heterocycles. The van der Waals surface area contributed by atoms with E-state index in [1.807, 2.05) is 0 Å². The van der Waals surface area contributed by atoms with E-state index in [0.29, 0.717) is 0 Å². The summed E-state index contributed by atoms with van der Waals surface area (Å²) in [5, 5.41) is 70.7. The van der Waals surface area contributed by atoms with Crippen LogP contribution in [0.2, 0.25) is 0 Å². The van der Waals surface area contributed by atoms with Crippen molar-refractivity contribution < 1.29 is 54.8 Å². The standard InChI is InChI=1S/C14H25NO11/c1-4(18)15-7-9(20)12(6(3-17)24-13(7)23)26-14-11(22)10(21)8(19)5(2-16)25-14/h5-14,16-17,19-23H,2-3H2,1H3,(H,15,18)/t5-,6-,7-,8+,9-,10-,11-,12-,13?,14+/m1/s1. The Balaban J connectivity index is 2.16. The predicted octanol–water partition coefficient (Wildman–Crippen LogP) is -5.25. The van der Waals surface area contributed by atoms with Gasteiger partial charge in [-0.2, -0.15) is 0 Å². The summed E-state index contributed by atoms with van der Waals surface area (Å²) in [7, 11) is 0. The van der Waals surface area contributed by atoms with Gasteiger partial charge in [0.2, 0.25) is 5.91 Å². The van der Waals surface area contributed by atoms with Gasteiger partial charge in [0.15, 0.2) is 12.6 Å². The van der Waals surface area contributed by atoms with Crippen LogP contribution in [0, 0.1) is 0 Å². The minimum atomic E-state index is -1.73. The van der Waals surface area contributed by atoms with Crippen molar-refractivity contribution in [2.24, 2.45) is 0 Å². The Morgan fingerprint density at radius 3 is 2.08 bits per heavy atom. The smallest absolute Gasteiger partial charge is 0.217 e. The zero-order valence-electron chi connectivity index (χ0n) is 14.0. The van der Waals surface area contributed by atoms with Crippen molar-refractivity contribution in [2.45, 2.75) is 68.3 Å². The highest BCUT2D eigenvalue weighted by Crippen LogP contribution is 2.28. The van der Waals surface area contributed by atoms with Gasteiger partial charge in [-0.15, -0.1) is 0 Å². The van der Waals surface area contributed by atoms with E-state index in [-0.39, 0.29) is 0 Å². The average molecular weight is 383 g/mol. The van der Waals surface area contributed by atoms with Crippen molar-refractivity contribution in [3.8, 4) is 0 Å². The van der Waals surface area contributed by atoms with Crippen LogP contribution in [0.3, 0.4) is 0 Å². The number of ether oxygens (including phenoxy) is 3. The van der Waals surface area contributed by atoms with E-state index in [9.17, 15) is 40.5 Å². The first kappa shape index (κ1) is 21.4. The van der Waals surface area contributed by atoms with Gasteiger partial charge in [0.05, 0.1) is 13.2 Å². The fourth-order valence-corrected chi connectivity index (χ4v) is 2.98. The van der Waals surface area contributed by atoms with Crippen molar-refractivity contribution >= 4 is 5.91 Å². The van der Waals surface area contributed by atoms with Crippen LogP contribution >= 0.6 is 0 Å². The number of hydrogen-bond acceptors (Lipinski definition) is 11. The number of aliphatic hydroxyl groups is 7. The topological polar surface area (TPSA) is 198 Å². The maximum atomic E-state index is 11.2. The molecule has 26 heavy (non-hydrogen) atoms. The molecule has 0 aromatic rings. The SMILES string of the molecule is CC(=O)N[C@H]1C(O)O[C@H](CO)[C@@H](O[C@@H]2O[C@H](CO)[C@H](O)[C@@H](O)[C@H]2O)[C@@H]1O. The Labute approximate surface area is 148 Å². The number of amides is 1. The summed E-state index contributed by atoms with van der Waals surface area (Å²) < 4.78 is 15.7. The van der Waals surface area contributed by atoms with Crippen LogP contribution in [0.15, 0.2) is 0 Å². The van der Waals surface area contributed by atoms with Crippen molar-refractivity contribution in [1.29, 1.82) is 0 Å². The first-order valence-electron chi connectivity index (χ1n) is 8.06. The molecule has 152 valence electrons. The molecule has 10 atom stereocenters. The quantitative estimate of drug-likeness (QED) is 0.226. The van der Waals surface area contributed by atoms with Gasteiger partial charge in [-0.3, -0.25) is 4.79 Å². The first-order chi connectivity index (χ1) is 12.2. The lowest BCUT2D eigenvalue weighted by Gasteiger charge is -2.46. The molecular formula is C14H25NO11. The molecule has 2 heterocycles. The molecular weight excluding hydrogens is 358 g/mol. The maximum Gasteiger partial charge on any atom is 0.217 e. The average Bonchev–Trinajstić information content (AvgIpc) is 2.60. The molecule has 2 fully saturated rings. The predicted molar refractivity (Wildman–Crippen MR) is 80.2 cm³/mol. The highest BCUT2D eigenvalue weighted by Gasteiger charge is 2.50. The third kappa shape index (κ3) is 4.31. The van der Waals surface area contributed by atoms with Crippen LogP contribution in [0.25, 0.3) is 0 Å². The van der Waals surface area contributed by atoms with Crippen LogP contribution in [0.5, 0.6) is 0 Å². The van der Waals surface area contributed by atoms with Gasteiger partial charge in [0.1, 0.15) is 48.8 Å². The van der Waals surface area contributed by atoms with Gasteiger partial charge in [-0.05, 0) is 0 Å². The number of aliphatic hydroxyl groups excluding tert-OH is 7. The molecule has 0 spiro atoms. The second-order valence-electron chi connectivity index (χ2n) is 6.26. The largest absolute Gasteiger partial charge is 0.394 e. The number of carbonyl (C=O) groups excluding carboxylic acids is 1. The van der Waals surface area contributed by atoms with Gasteiger partial charge >= 0.3 is 0 Å². The Bertz CT molecular complexity index is 478. The van der Waals surface area contributed by atoms with E-state index in [1.165, 1.54) is 0 Å². The summed E-state index contributed by atoms with van der Waals surface area (Å²) in [4.78, 5) is 11.2. The first-order valence-corrected chi connectivity index (χ1v) is 8.06. The molecule has 12 nitrogen and oxygen atoms in total. The number of nitrogens with one attached hydrogen (secondary N) is 1. The zero-order chi connectivity index (χ0) is 19.6. The monoisotopic (exact) mass is 383 g/mol. The maximum absolute atomic E-state index is 11.2. The number of carbonyl (C=O) groups is 1. The molecule has 2 saturated heterocycles. The van der Waals surface area contributed by atoms with Crippen molar-refractivity contribution in [2.75, 3.05) is 13.2 Å². The molecule has 0 bridgehead atoms. The van der Waals surface area contributed by atoms with Crippen LogP contribution in [-0.4, -0.2) is 116 Å². The summed E-state index contributed by atoms with van der Waals surface area (Å²) in [6.07, 6.45) is -13.6. The number of hydrogen-bond donors (Lipinski definition) is 8.